The van der Waals surface area contributed by atoms with Gasteiger partial charge in [-0.05, 0) is 41.5 Å². The Kier molecular flexibility index (Phi) is 6.35. The van der Waals surface area contributed by atoms with Crippen LogP contribution in [0.5, 0.6) is 0 Å². The van der Waals surface area contributed by atoms with Crippen LogP contribution in [-0.4, -0.2) is 30.6 Å². The van der Waals surface area contributed by atoms with E-state index >= 15 is 0 Å². The highest BCUT2D eigenvalue weighted by molar-refractivity contribution is 6.82. The molecular formula is C16H35NSi. The van der Waals surface area contributed by atoms with Gasteiger partial charge in [0.2, 0.25) is 0 Å². The van der Waals surface area contributed by atoms with Crippen molar-refractivity contribution in [2.45, 2.75) is 85.1 Å². The summed E-state index contributed by atoms with van der Waals surface area (Å²) in [5.41, 5.74) is 2.97. The minimum atomic E-state index is -1.10. The monoisotopic (exact) mass is 269 g/mol. The Hall–Kier alpha value is -0.0831. The topological polar surface area (TPSA) is 3.24 Å². The van der Waals surface area contributed by atoms with Gasteiger partial charge in [0.15, 0.2) is 0 Å². The van der Waals surface area contributed by atoms with Crippen LogP contribution >= 0.6 is 0 Å². The number of hydrogen-bond donors (Lipinski definition) is 0. The van der Waals surface area contributed by atoms with Crippen LogP contribution in [-0.2, 0) is 0 Å². The molecule has 0 atom stereocenters. The van der Waals surface area contributed by atoms with Gasteiger partial charge < -0.3 is 0 Å². The van der Waals surface area contributed by atoms with Crippen molar-refractivity contribution in [1.29, 1.82) is 0 Å². The van der Waals surface area contributed by atoms with Crippen molar-refractivity contribution in [3.8, 4) is 0 Å². The van der Waals surface area contributed by atoms with E-state index in [-0.39, 0.29) is 11.1 Å². The second-order valence-corrected chi connectivity index (χ2v) is 12.9. The summed E-state index contributed by atoms with van der Waals surface area (Å²) in [4.78, 5) is 2.58. The molecule has 2 heteroatoms. The van der Waals surface area contributed by atoms with Crippen LogP contribution in [0.2, 0.25) is 19.1 Å². The van der Waals surface area contributed by atoms with Gasteiger partial charge in [0.25, 0.3) is 0 Å². The highest BCUT2D eigenvalue weighted by Gasteiger charge is 2.30. The molecule has 108 valence electrons. The normalized spacial score (nSPS) is 14.8. The smallest absolute Gasteiger partial charge is 0.0713 e. The fourth-order valence-electron chi connectivity index (χ4n) is 2.76. The predicted molar refractivity (Wildman–Crippen MR) is 87.9 cm³/mol. The summed E-state index contributed by atoms with van der Waals surface area (Å²) in [6.45, 7) is 22.1. The molecule has 0 aliphatic rings. The molecule has 0 saturated carbocycles. The average Bonchev–Trinajstić information content (AvgIpc) is 2.07. The van der Waals surface area contributed by atoms with E-state index in [9.17, 15) is 0 Å². The molecule has 0 aromatic rings. The lowest BCUT2D eigenvalue weighted by atomic mass is 9.96. The molecule has 0 fully saturated rings. The van der Waals surface area contributed by atoms with Crippen LogP contribution in [0.1, 0.15) is 54.9 Å². The SMILES string of the molecule is CCC[Si](C)(C)C=CCN(C(C)(C)C)C(C)(C)C. The third kappa shape index (κ3) is 6.74. The molecule has 0 aliphatic carbocycles. The highest BCUT2D eigenvalue weighted by atomic mass is 28.3. The summed E-state index contributed by atoms with van der Waals surface area (Å²) in [6, 6.07) is 1.40. The van der Waals surface area contributed by atoms with Gasteiger partial charge >= 0.3 is 0 Å². The lowest BCUT2D eigenvalue weighted by molar-refractivity contribution is 0.0520. The maximum atomic E-state index is 2.58. The Morgan fingerprint density at radius 2 is 1.39 bits per heavy atom. The Labute approximate surface area is 117 Å². The zero-order chi connectivity index (χ0) is 14.6. The molecule has 0 saturated heterocycles. The fraction of sp³-hybridized carbons (Fsp3) is 0.875. The van der Waals surface area contributed by atoms with Crippen molar-refractivity contribution in [3.05, 3.63) is 11.8 Å². The van der Waals surface area contributed by atoms with Crippen LogP contribution in [0.4, 0.5) is 0 Å². The molecule has 1 nitrogen and oxygen atoms in total. The Morgan fingerprint density at radius 1 is 0.944 bits per heavy atom. The van der Waals surface area contributed by atoms with Gasteiger partial charge in [0.1, 0.15) is 0 Å². The molecule has 0 amide bonds. The first-order valence-corrected chi connectivity index (χ1v) is 10.6. The summed E-state index contributed by atoms with van der Waals surface area (Å²) in [5, 5.41) is 0. The van der Waals surface area contributed by atoms with Gasteiger partial charge in [-0.15, -0.1) is 0 Å². The first-order chi connectivity index (χ1) is 7.90. The molecule has 0 aliphatic heterocycles. The van der Waals surface area contributed by atoms with Crippen molar-refractivity contribution < 1.29 is 0 Å². The number of nitrogens with zero attached hydrogens (tertiary/aromatic N) is 1. The van der Waals surface area contributed by atoms with E-state index in [4.69, 9.17) is 0 Å². The van der Waals surface area contributed by atoms with Crippen LogP contribution in [0.15, 0.2) is 11.8 Å². The van der Waals surface area contributed by atoms with E-state index in [1.165, 1.54) is 12.5 Å². The fourth-order valence-corrected chi connectivity index (χ4v) is 4.96. The lowest BCUT2D eigenvalue weighted by Crippen LogP contribution is -2.52. The second kappa shape index (κ2) is 6.38. The van der Waals surface area contributed by atoms with Crippen LogP contribution in [0, 0.1) is 0 Å². The molecule has 0 heterocycles. The van der Waals surface area contributed by atoms with Crippen molar-refractivity contribution in [2.24, 2.45) is 0 Å². The third-order valence-electron chi connectivity index (χ3n) is 3.37. The molecule has 0 radical (unpaired) electrons. The van der Waals surface area contributed by atoms with Gasteiger partial charge in [-0.2, -0.15) is 0 Å². The summed E-state index contributed by atoms with van der Waals surface area (Å²) in [6.07, 6.45) is 3.73. The first kappa shape index (κ1) is 17.9. The van der Waals surface area contributed by atoms with Gasteiger partial charge in [-0.25, -0.2) is 0 Å². The van der Waals surface area contributed by atoms with Crippen LogP contribution in [0.25, 0.3) is 0 Å². The first-order valence-electron chi connectivity index (χ1n) is 7.35. The summed E-state index contributed by atoms with van der Waals surface area (Å²) < 4.78 is 0. The van der Waals surface area contributed by atoms with Gasteiger partial charge in [0.05, 0.1) is 8.07 Å². The number of rotatable bonds is 5. The standard InChI is InChI=1S/C16H35NSi/c1-10-13-18(8,9)14-11-12-17(15(2,3)4)16(5,6)7/h11,14H,10,12-13H2,1-9H3. The maximum absolute atomic E-state index is 2.58. The van der Waals surface area contributed by atoms with E-state index in [1.54, 1.807) is 0 Å². The van der Waals surface area contributed by atoms with Crippen molar-refractivity contribution >= 4 is 8.07 Å². The van der Waals surface area contributed by atoms with Gasteiger partial charge in [-0.3, -0.25) is 4.90 Å². The molecule has 18 heavy (non-hydrogen) atoms. The van der Waals surface area contributed by atoms with E-state index in [2.05, 4.69) is 78.2 Å². The largest absolute Gasteiger partial charge is 0.290 e. The maximum Gasteiger partial charge on any atom is 0.0713 e. The van der Waals surface area contributed by atoms with E-state index in [0.29, 0.717) is 0 Å². The minimum absolute atomic E-state index is 0.221. The Bertz CT molecular complexity index is 252. The molecule has 0 spiro atoms. The van der Waals surface area contributed by atoms with Crippen molar-refractivity contribution in [2.75, 3.05) is 6.54 Å². The van der Waals surface area contributed by atoms with Crippen molar-refractivity contribution in [3.63, 3.8) is 0 Å². The molecule has 0 aromatic carbocycles. The van der Waals surface area contributed by atoms with E-state index in [1.807, 2.05) is 0 Å². The second-order valence-electron chi connectivity index (χ2n) is 8.09. The Balaban J connectivity index is 4.70. The van der Waals surface area contributed by atoms with Gasteiger partial charge in [0, 0.05) is 17.6 Å². The summed E-state index contributed by atoms with van der Waals surface area (Å²) in [7, 11) is -1.10. The summed E-state index contributed by atoms with van der Waals surface area (Å²) in [5.74, 6) is 0. The van der Waals surface area contributed by atoms with E-state index in [0.717, 1.165) is 6.54 Å². The molecule has 0 rings (SSSR count). The molecule has 0 bridgehead atoms. The molecule has 0 N–H and O–H groups in total. The van der Waals surface area contributed by atoms with Gasteiger partial charge in [-0.1, -0.05) is 44.3 Å². The van der Waals surface area contributed by atoms with Crippen molar-refractivity contribution in [1.82, 2.24) is 4.90 Å². The highest BCUT2D eigenvalue weighted by Crippen LogP contribution is 2.24. The summed E-state index contributed by atoms with van der Waals surface area (Å²) >= 11 is 0. The minimum Gasteiger partial charge on any atom is -0.290 e. The third-order valence-corrected chi connectivity index (χ3v) is 6.30. The Morgan fingerprint density at radius 3 is 1.72 bits per heavy atom. The van der Waals surface area contributed by atoms with Crippen LogP contribution in [0.3, 0.4) is 0 Å². The zero-order valence-corrected chi connectivity index (χ0v) is 15.2. The zero-order valence-electron chi connectivity index (χ0n) is 14.2. The molecule has 0 unspecified atom stereocenters. The lowest BCUT2D eigenvalue weighted by Gasteiger charge is -2.45. The predicted octanol–water partition coefficient (Wildman–Crippen LogP) is 5.10. The molecule has 0 aromatic heterocycles. The quantitative estimate of drug-likeness (QED) is 0.628. The molecular weight excluding hydrogens is 234 g/mol. The number of hydrogen-bond acceptors (Lipinski definition) is 1. The van der Waals surface area contributed by atoms with E-state index < -0.39 is 8.07 Å². The average molecular weight is 270 g/mol. The van der Waals surface area contributed by atoms with Crippen LogP contribution < -0.4 is 0 Å².